The molecule has 0 aromatic carbocycles. The van der Waals surface area contributed by atoms with Crippen molar-refractivity contribution in [2.75, 3.05) is 7.05 Å². The lowest BCUT2D eigenvalue weighted by atomic mass is 10.0. The molecule has 0 saturated carbocycles. The van der Waals surface area contributed by atoms with E-state index in [1.54, 1.807) is 14.0 Å². The zero-order valence-corrected chi connectivity index (χ0v) is 5.77. The summed E-state index contributed by atoms with van der Waals surface area (Å²) >= 11 is 0. The van der Waals surface area contributed by atoms with Crippen molar-refractivity contribution in [2.24, 2.45) is 0 Å². The molecule has 2 heteroatoms. The minimum absolute atomic E-state index is 0.438. The number of hydrogen-bond donors (Lipinski definition) is 1. The molecule has 0 heterocycles. The molecule has 1 N–H and O–H groups in total. The van der Waals surface area contributed by atoms with Gasteiger partial charge in [-0.05, 0) is 14.0 Å². The molecule has 0 aliphatic heterocycles. The monoisotopic (exact) mass is 125 g/mol. The van der Waals surface area contributed by atoms with Crippen LogP contribution in [0, 0.1) is 12.3 Å². The highest BCUT2D eigenvalue weighted by Crippen LogP contribution is 2.01. The van der Waals surface area contributed by atoms with Crippen LogP contribution in [0.3, 0.4) is 0 Å². The number of nitrogens with one attached hydrogen (secondary N) is 1. The molecular formula is C7H11NO. The molecule has 0 saturated heterocycles. The minimum Gasteiger partial charge on any atom is -0.308 e. The van der Waals surface area contributed by atoms with E-state index in [1.807, 2.05) is 0 Å². The van der Waals surface area contributed by atoms with Crippen molar-refractivity contribution in [3.63, 3.8) is 0 Å². The van der Waals surface area contributed by atoms with Gasteiger partial charge in [0.15, 0.2) is 0 Å². The van der Waals surface area contributed by atoms with Crippen molar-refractivity contribution in [1.29, 1.82) is 0 Å². The van der Waals surface area contributed by atoms with Crippen molar-refractivity contribution in [2.45, 2.75) is 18.9 Å². The fourth-order valence-corrected chi connectivity index (χ4v) is 0.401. The predicted molar refractivity (Wildman–Crippen MR) is 37.0 cm³/mol. The zero-order chi connectivity index (χ0) is 7.33. The normalized spacial score (nSPS) is 15.7. The molecule has 1 atom stereocenters. The van der Waals surface area contributed by atoms with Gasteiger partial charge in [-0.3, -0.25) is 0 Å². The van der Waals surface area contributed by atoms with Crippen LogP contribution in [-0.2, 0) is 4.79 Å². The van der Waals surface area contributed by atoms with Crippen LogP contribution in [-0.4, -0.2) is 18.9 Å². The molecule has 0 unspecified atom stereocenters. The van der Waals surface area contributed by atoms with Gasteiger partial charge in [-0.15, -0.1) is 12.3 Å². The highest BCUT2D eigenvalue weighted by Gasteiger charge is 2.18. The Hall–Kier alpha value is -0.810. The molecule has 0 aromatic heterocycles. The van der Waals surface area contributed by atoms with E-state index < -0.39 is 5.54 Å². The maximum Gasteiger partial charge on any atom is 0.140 e. The summed E-state index contributed by atoms with van der Waals surface area (Å²) in [6.07, 6.45) is 6.28. The van der Waals surface area contributed by atoms with Crippen LogP contribution >= 0.6 is 0 Å². The Morgan fingerprint density at radius 3 is 2.56 bits per heavy atom. The largest absolute Gasteiger partial charge is 0.308 e. The van der Waals surface area contributed by atoms with E-state index in [9.17, 15) is 4.79 Å². The van der Waals surface area contributed by atoms with E-state index >= 15 is 0 Å². The smallest absolute Gasteiger partial charge is 0.140 e. The van der Waals surface area contributed by atoms with Crippen LogP contribution < -0.4 is 5.32 Å². The molecular weight excluding hydrogens is 114 g/mol. The Morgan fingerprint density at radius 1 is 1.89 bits per heavy atom. The SMILES string of the molecule is C#CC[C@@](C)(C=O)NC. The van der Waals surface area contributed by atoms with Gasteiger partial charge in [-0.25, -0.2) is 0 Å². The first kappa shape index (κ1) is 8.19. The van der Waals surface area contributed by atoms with Crippen molar-refractivity contribution in [3.05, 3.63) is 0 Å². The lowest BCUT2D eigenvalue weighted by Crippen LogP contribution is -2.40. The van der Waals surface area contributed by atoms with E-state index in [2.05, 4.69) is 11.2 Å². The molecule has 50 valence electrons. The topological polar surface area (TPSA) is 29.1 Å². The summed E-state index contributed by atoms with van der Waals surface area (Å²) in [5.41, 5.74) is -0.533. The number of likely N-dealkylation sites (N-methyl/N-ethyl adjacent to an activating group) is 1. The van der Waals surface area contributed by atoms with Gasteiger partial charge >= 0.3 is 0 Å². The number of terminal acetylenes is 1. The summed E-state index contributed by atoms with van der Waals surface area (Å²) < 4.78 is 0. The number of aldehydes is 1. The Kier molecular flexibility index (Phi) is 2.97. The van der Waals surface area contributed by atoms with E-state index in [4.69, 9.17) is 6.42 Å². The van der Waals surface area contributed by atoms with Crippen LogP contribution in [0.25, 0.3) is 0 Å². The molecule has 2 nitrogen and oxygen atoms in total. The third-order valence-electron chi connectivity index (χ3n) is 1.30. The van der Waals surface area contributed by atoms with E-state index in [0.29, 0.717) is 6.42 Å². The maximum absolute atomic E-state index is 10.3. The van der Waals surface area contributed by atoms with Gasteiger partial charge in [0, 0.05) is 6.42 Å². The molecule has 0 amide bonds. The van der Waals surface area contributed by atoms with Gasteiger partial charge in [-0.1, -0.05) is 0 Å². The lowest BCUT2D eigenvalue weighted by Gasteiger charge is -2.18. The Bertz CT molecular complexity index is 136. The molecule has 0 bridgehead atoms. The molecule has 0 aromatic rings. The van der Waals surface area contributed by atoms with Crippen LogP contribution in [0.5, 0.6) is 0 Å². The van der Waals surface area contributed by atoms with E-state index in [-0.39, 0.29) is 0 Å². The second-order valence-electron chi connectivity index (χ2n) is 2.17. The van der Waals surface area contributed by atoms with Gasteiger partial charge in [-0.2, -0.15) is 0 Å². The van der Waals surface area contributed by atoms with Crippen LogP contribution in [0.15, 0.2) is 0 Å². The minimum atomic E-state index is -0.533. The number of rotatable bonds is 3. The number of carbonyl (C=O) groups excluding carboxylic acids is 1. The molecule has 0 rings (SSSR count). The average Bonchev–Trinajstić information content (AvgIpc) is 1.89. The molecule has 9 heavy (non-hydrogen) atoms. The third kappa shape index (κ3) is 2.29. The number of hydrogen-bond acceptors (Lipinski definition) is 2. The third-order valence-corrected chi connectivity index (χ3v) is 1.30. The maximum atomic E-state index is 10.3. The first-order chi connectivity index (χ1) is 4.18. The fraction of sp³-hybridized carbons (Fsp3) is 0.571. The summed E-state index contributed by atoms with van der Waals surface area (Å²) in [4.78, 5) is 10.3. The molecule has 0 fully saturated rings. The Labute approximate surface area is 55.6 Å². The average molecular weight is 125 g/mol. The van der Waals surface area contributed by atoms with Crippen LogP contribution in [0.1, 0.15) is 13.3 Å². The van der Waals surface area contributed by atoms with Crippen molar-refractivity contribution in [3.8, 4) is 12.3 Å². The van der Waals surface area contributed by atoms with Gasteiger partial charge in [0.05, 0.1) is 5.54 Å². The fourth-order valence-electron chi connectivity index (χ4n) is 0.401. The Balaban J connectivity index is 3.95. The highest BCUT2D eigenvalue weighted by molar-refractivity contribution is 5.64. The zero-order valence-electron chi connectivity index (χ0n) is 5.77. The van der Waals surface area contributed by atoms with Gasteiger partial charge in [0.25, 0.3) is 0 Å². The predicted octanol–water partition coefficient (Wildman–Crippen LogP) is 0.187. The van der Waals surface area contributed by atoms with Crippen molar-refractivity contribution in [1.82, 2.24) is 5.32 Å². The molecule has 0 aliphatic carbocycles. The molecule has 0 aliphatic rings. The van der Waals surface area contributed by atoms with Crippen LogP contribution in [0.4, 0.5) is 0 Å². The van der Waals surface area contributed by atoms with Crippen LogP contribution in [0.2, 0.25) is 0 Å². The highest BCUT2D eigenvalue weighted by atomic mass is 16.1. The van der Waals surface area contributed by atoms with E-state index in [1.165, 1.54) is 0 Å². The summed E-state index contributed by atoms with van der Waals surface area (Å²) in [5.74, 6) is 2.42. The van der Waals surface area contributed by atoms with Gasteiger partial charge in [0.1, 0.15) is 6.29 Å². The Morgan fingerprint density at radius 2 is 2.44 bits per heavy atom. The second-order valence-corrected chi connectivity index (χ2v) is 2.17. The quantitative estimate of drug-likeness (QED) is 0.431. The van der Waals surface area contributed by atoms with Crippen molar-refractivity contribution < 1.29 is 4.79 Å². The summed E-state index contributed by atoms with van der Waals surface area (Å²) in [5, 5.41) is 2.82. The summed E-state index contributed by atoms with van der Waals surface area (Å²) in [6.45, 7) is 1.76. The summed E-state index contributed by atoms with van der Waals surface area (Å²) in [7, 11) is 1.71. The lowest BCUT2D eigenvalue weighted by molar-refractivity contribution is -0.112. The summed E-state index contributed by atoms with van der Waals surface area (Å²) in [6, 6.07) is 0. The molecule has 0 radical (unpaired) electrons. The molecule has 0 spiro atoms. The second kappa shape index (κ2) is 3.26. The first-order valence-corrected chi connectivity index (χ1v) is 2.77. The van der Waals surface area contributed by atoms with Gasteiger partial charge in [0.2, 0.25) is 0 Å². The first-order valence-electron chi connectivity index (χ1n) is 2.77. The number of carbonyl (C=O) groups is 1. The standard InChI is InChI=1S/C7H11NO/c1-4-5-7(2,6-9)8-3/h1,6,8H,5H2,2-3H3/t7-/m0/s1. The van der Waals surface area contributed by atoms with Crippen molar-refractivity contribution >= 4 is 6.29 Å². The van der Waals surface area contributed by atoms with Gasteiger partial charge < -0.3 is 10.1 Å². The van der Waals surface area contributed by atoms with E-state index in [0.717, 1.165) is 6.29 Å².